The molecule has 0 unspecified atom stereocenters. The van der Waals surface area contributed by atoms with Crippen LogP contribution in [0, 0.1) is 19.1 Å². The number of anilines is 1. The van der Waals surface area contributed by atoms with E-state index in [0.717, 1.165) is 39.7 Å². The van der Waals surface area contributed by atoms with E-state index in [-0.39, 0.29) is 5.56 Å². The summed E-state index contributed by atoms with van der Waals surface area (Å²) in [5, 5.41) is 14.8. The molecule has 29 heavy (non-hydrogen) atoms. The van der Waals surface area contributed by atoms with Crippen molar-refractivity contribution < 1.29 is 4.73 Å². The van der Waals surface area contributed by atoms with Gasteiger partial charge in [-0.1, -0.05) is 0 Å². The van der Waals surface area contributed by atoms with Crippen molar-refractivity contribution in [2.24, 2.45) is 0 Å². The fourth-order valence-corrected chi connectivity index (χ4v) is 3.46. The van der Waals surface area contributed by atoms with E-state index < -0.39 is 0 Å². The van der Waals surface area contributed by atoms with Crippen molar-refractivity contribution in [3.8, 4) is 0 Å². The second-order valence-corrected chi connectivity index (χ2v) is 7.98. The lowest BCUT2D eigenvalue weighted by atomic mass is 10.1. The summed E-state index contributed by atoms with van der Waals surface area (Å²) in [6.07, 6.45) is 8.09. The Labute approximate surface area is 178 Å². The van der Waals surface area contributed by atoms with Crippen LogP contribution in [0.2, 0.25) is 0 Å². The van der Waals surface area contributed by atoms with Crippen LogP contribution in [0.5, 0.6) is 0 Å². The molecule has 0 aliphatic heterocycles. The Hall–Kier alpha value is -2.74. The molecule has 0 aliphatic rings. The molecule has 7 nitrogen and oxygen atoms in total. The molecule has 3 rings (SSSR count). The van der Waals surface area contributed by atoms with Gasteiger partial charge in [0.15, 0.2) is 11.9 Å². The Morgan fingerprint density at radius 3 is 2.76 bits per heavy atom. The third kappa shape index (κ3) is 5.87. The highest BCUT2D eigenvalue weighted by Crippen LogP contribution is 2.14. The first-order valence-corrected chi connectivity index (χ1v) is 10.3. The van der Waals surface area contributed by atoms with Gasteiger partial charge in [0.1, 0.15) is 0 Å². The zero-order chi connectivity index (χ0) is 20.8. The predicted octanol–water partition coefficient (Wildman–Crippen LogP) is 3.20. The van der Waals surface area contributed by atoms with E-state index in [0.29, 0.717) is 30.2 Å². The fraction of sp³-hybridized carbons (Fsp3) is 0.333. The molecule has 152 valence electrons. The fourth-order valence-electron chi connectivity index (χ4n) is 3.01. The Morgan fingerprint density at radius 2 is 2.03 bits per heavy atom. The summed E-state index contributed by atoms with van der Waals surface area (Å²) in [5.74, 6) is 0.458. The van der Waals surface area contributed by atoms with Crippen LogP contribution in [-0.2, 0) is 12.8 Å². The van der Waals surface area contributed by atoms with E-state index in [9.17, 15) is 10.0 Å². The van der Waals surface area contributed by atoms with Crippen molar-refractivity contribution >= 4 is 21.9 Å². The van der Waals surface area contributed by atoms with E-state index in [1.54, 1.807) is 19.2 Å². The van der Waals surface area contributed by atoms with Crippen molar-refractivity contribution in [3.63, 3.8) is 0 Å². The third-order valence-corrected chi connectivity index (χ3v) is 5.16. The number of hydrogen-bond donors (Lipinski definition) is 2. The molecule has 0 amide bonds. The minimum atomic E-state index is -0.199. The molecule has 3 aromatic heterocycles. The molecule has 0 aliphatic carbocycles. The molecule has 0 spiro atoms. The maximum atomic E-state index is 12.3. The smallest absolute Gasteiger partial charge is 0.255 e. The van der Waals surface area contributed by atoms with Crippen molar-refractivity contribution in [3.05, 3.63) is 84.9 Å². The summed E-state index contributed by atoms with van der Waals surface area (Å²) in [7, 11) is 0. The van der Waals surface area contributed by atoms with E-state index in [4.69, 9.17) is 0 Å². The summed E-state index contributed by atoms with van der Waals surface area (Å²) < 4.78 is 1.80. The monoisotopic (exact) mass is 457 g/mol. The lowest BCUT2D eigenvalue weighted by Gasteiger charge is -2.08. The maximum absolute atomic E-state index is 12.3. The van der Waals surface area contributed by atoms with Crippen LogP contribution >= 0.6 is 15.9 Å². The number of rotatable bonds is 8. The van der Waals surface area contributed by atoms with Crippen molar-refractivity contribution in [1.29, 1.82) is 0 Å². The van der Waals surface area contributed by atoms with E-state index in [1.165, 1.54) is 11.8 Å². The van der Waals surface area contributed by atoms with E-state index >= 15 is 0 Å². The van der Waals surface area contributed by atoms with Crippen LogP contribution in [0.1, 0.15) is 40.9 Å². The predicted molar refractivity (Wildman–Crippen MR) is 116 cm³/mol. The summed E-state index contributed by atoms with van der Waals surface area (Å²) >= 11 is 3.43. The Balaban J connectivity index is 1.48. The average molecular weight is 458 g/mol. The van der Waals surface area contributed by atoms with Crippen LogP contribution in [0.15, 0.2) is 46.1 Å². The second kappa shape index (κ2) is 9.65. The van der Waals surface area contributed by atoms with Crippen LogP contribution in [-0.4, -0.2) is 21.5 Å². The molecule has 0 bridgehead atoms. The molecule has 3 aromatic rings. The molecular formula is C21H24BrN5O2. The topological polar surface area (TPSA) is 97.6 Å². The van der Waals surface area contributed by atoms with Gasteiger partial charge in [0.25, 0.3) is 5.56 Å². The van der Waals surface area contributed by atoms with Gasteiger partial charge in [0.2, 0.25) is 5.95 Å². The number of nitrogens with zero attached hydrogens (tertiary/aromatic N) is 3. The highest BCUT2D eigenvalue weighted by Gasteiger charge is 2.08. The van der Waals surface area contributed by atoms with Crippen LogP contribution < -0.4 is 15.6 Å². The number of aryl methyl sites for hydroxylation is 3. The molecule has 0 radical (unpaired) electrons. The number of H-pyrrole nitrogens is 1. The standard InChI is InChI=1S/C21H24BrN5O2/c1-14-9-18(22)12-24-19(14)5-3-4-8-23-21-25-11-17(20(28)26-21)10-16-7-6-15(2)27(29)13-16/h6-7,9,11-13H,3-5,8,10H2,1-2H3,(H2,23,25,26,28). The van der Waals surface area contributed by atoms with Gasteiger partial charge < -0.3 is 10.5 Å². The molecule has 0 saturated heterocycles. The van der Waals surface area contributed by atoms with Crippen LogP contribution in [0.25, 0.3) is 0 Å². The lowest BCUT2D eigenvalue weighted by molar-refractivity contribution is -0.612. The van der Waals surface area contributed by atoms with Crippen LogP contribution in [0.4, 0.5) is 5.95 Å². The zero-order valence-electron chi connectivity index (χ0n) is 16.5. The van der Waals surface area contributed by atoms with Crippen molar-refractivity contribution in [2.45, 2.75) is 39.5 Å². The average Bonchev–Trinajstić information content (AvgIpc) is 2.68. The zero-order valence-corrected chi connectivity index (χ0v) is 18.1. The van der Waals surface area contributed by atoms with Gasteiger partial charge >= 0.3 is 0 Å². The van der Waals surface area contributed by atoms with Crippen LogP contribution in [0.3, 0.4) is 0 Å². The Kier molecular flexibility index (Phi) is 6.98. The SMILES string of the molecule is Cc1cc(Br)cnc1CCCCNc1ncc(Cc2ccc(C)[n+]([O-])c2)c(=O)[nH]1. The number of hydrogen-bond acceptors (Lipinski definition) is 5. The van der Waals surface area contributed by atoms with Gasteiger partial charge in [0.05, 0.1) is 0 Å². The molecule has 2 N–H and O–H groups in total. The first kappa shape index (κ1) is 21.0. The van der Waals surface area contributed by atoms with Crippen molar-refractivity contribution in [2.75, 3.05) is 11.9 Å². The minimum Gasteiger partial charge on any atom is -0.619 e. The number of halogens is 1. The third-order valence-electron chi connectivity index (χ3n) is 4.72. The van der Waals surface area contributed by atoms with E-state index in [2.05, 4.69) is 49.2 Å². The number of nitrogens with one attached hydrogen (secondary N) is 2. The van der Waals surface area contributed by atoms with Gasteiger partial charge in [0, 0.05) is 59.6 Å². The maximum Gasteiger partial charge on any atom is 0.255 e. The molecule has 0 atom stereocenters. The van der Waals surface area contributed by atoms with Crippen molar-refractivity contribution in [1.82, 2.24) is 15.0 Å². The highest BCUT2D eigenvalue weighted by molar-refractivity contribution is 9.10. The number of aromatic nitrogens is 4. The lowest BCUT2D eigenvalue weighted by Crippen LogP contribution is -2.30. The first-order chi connectivity index (χ1) is 13.9. The quantitative estimate of drug-likeness (QED) is 0.307. The Morgan fingerprint density at radius 1 is 1.21 bits per heavy atom. The number of pyridine rings is 2. The second-order valence-electron chi connectivity index (χ2n) is 7.07. The van der Waals surface area contributed by atoms with Gasteiger partial charge in [-0.25, -0.2) is 4.98 Å². The number of unbranched alkanes of at least 4 members (excludes halogenated alkanes) is 1. The molecule has 0 saturated carbocycles. The molecule has 0 fully saturated rings. The molecular weight excluding hydrogens is 434 g/mol. The first-order valence-electron chi connectivity index (χ1n) is 9.54. The van der Waals surface area contributed by atoms with E-state index in [1.807, 2.05) is 12.3 Å². The van der Waals surface area contributed by atoms with Gasteiger partial charge in [-0.2, -0.15) is 4.73 Å². The summed E-state index contributed by atoms with van der Waals surface area (Å²) in [5.41, 5.74) is 4.01. The molecule has 3 heterocycles. The minimum absolute atomic E-state index is 0.199. The normalized spacial score (nSPS) is 10.9. The molecule has 0 aromatic carbocycles. The summed E-state index contributed by atoms with van der Waals surface area (Å²) in [6.45, 7) is 4.52. The highest BCUT2D eigenvalue weighted by atomic mass is 79.9. The summed E-state index contributed by atoms with van der Waals surface area (Å²) in [6, 6.07) is 5.66. The molecule has 8 heteroatoms. The Bertz CT molecular complexity index is 1050. The van der Waals surface area contributed by atoms with Gasteiger partial charge in [-0.15, -0.1) is 0 Å². The largest absolute Gasteiger partial charge is 0.619 e. The number of aromatic amines is 1. The van der Waals surface area contributed by atoms with Gasteiger partial charge in [-0.05, 0) is 59.8 Å². The van der Waals surface area contributed by atoms with Gasteiger partial charge in [-0.3, -0.25) is 14.8 Å². The summed E-state index contributed by atoms with van der Waals surface area (Å²) in [4.78, 5) is 23.8.